The molecule has 7 heteroatoms. The van der Waals surface area contributed by atoms with Crippen molar-refractivity contribution in [3.8, 4) is 0 Å². The molecule has 2 rings (SSSR count). The molecule has 98 valence electrons. The summed E-state index contributed by atoms with van der Waals surface area (Å²) in [4.78, 5) is 12.8. The maximum atomic E-state index is 11.6. The van der Waals surface area contributed by atoms with Gasteiger partial charge < -0.3 is 5.32 Å². The van der Waals surface area contributed by atoms with Crippen molar-refractivity contribution >= 4 is 32.2 Å². The Bertz CT molecular complexity index is 575. The van der Waals surface area contributed by atoms with E-state index in [4.69, 9.17) is 0 Å². The van der Waals surface area contributed by atoms with Crippen molar-refractivity contribution in [3.05, 3.63) is 28.5 Å². The van der Waals surface area contributed by atoms with E-state index in [-0.39, 0.29) is 11.8 Å². The molecule has 0 bridgehead atoms. The van der Waals surface area contributed by atoms with Crippen LogP contribution in [0.3, 0.4) is 0 Å². The van der Waals surface area contributed by atoms with Gasteiger partial charge in [-0.1, -0.05) is 6.92 Å². The highest BCUT2D eigenvalue weighted by molar-refractivity contribution is 7.94. The van der Waals surface area contributed by atoms with E-state index in [2.05, 4.69) is 10.6 Å². The first kappa shape index (κ1) is 13.1. The second kappa shape index (κ2) is 5.11. The molecular formula is C11H14N2O3S2. The molecule has 0 spiro atoms. The Labute approximate surface area is 110 Å². The lowest BCUT2D eigenvalue weighted by Gasteiger charge is -2.10. The molecule has 0 saturated carbocycles. The fourth-order valence-electron chi connectivity index (χ4n) is 1.62. The average Bonchev–Trinajstić information content (AvgIpc) is 2.85. The molecule has 1 aliphatic heterocycles. The van der Waals surface area contributed by atoms with Crippen LogP contribution in [0.15, 0.2) is 23.6 Å². The molecule has 0 radical (unpaired) electrons. The van der Waals surface area contributed by atoms with Crippen molar-refractivity contribution in [2.75, 3.05) is 11.1 Å². The van der Waals surface area contributed by atoms with Gasteiger partial charge in [0.1, 0.15) is 0 Å². The molecule has 1 aliphatic rings. The van der Waals surface area contributed by atoms with Crippen LogP contribution in [0.4, 0.5) is 9.80 Å². The van der Waals surface area contributed by atoms with E-state index in [1.807, 2.05) is 19.1 Å². The zero-order valence-corrected chi connectivity index (χ0v) is 11.5. The number of aryl methyl sites for hydroxylation is 1. The molecule has 0 saturated heterocycles. The largest absolute Gasteiger partial charge is 0.331 e. The van der Waals surface area contributed by atoms with Crippen LogP contribution >= 0.6 is 11.3 Å². The Hall–Kier alpha value is -1.34. The number of hydrogen-bond donors (Lipinski definition) is 2. The lowest BCUT2D eigenvalue weighted by molar-refractivity contribution is 0.251. The number of carbonyl (C=O) groups excluding carboxylic acids is 1. The Morgan fingerprint density at radius 2 is 2.28 bits per heavy atom. The minimum Gasteiger partial charge on any atom is -0.331 e. The maximum absolute atomic E-state index is 11.6. The molecule has 2 heterocycles. The van der Waals surface area contributed by atoms with Gasteiger partial charge in [-0.15, -0.1) is 11.3 Å². The van der Waals surface area contributed by atoms with Crippen LogP contribution in [0.5, 0.6) is 0 Å². The Morgan fingerprint density at radius 3 is 2.83 bits per heavy atom. The fraction of sp³-hybridized carbons (Fsp3) is 0.364. The number of rotatable bonds is 3. The zero-order chi connectivity index (χ0) is 13.2. The fourth-order valence-corrected chi connectivity index (χ4v) is 3.70. The number of thiophene rings is 1. The van der Waals surface area contributed by atoms with E-state index in [0.717, 1.165) is 16.8 Å². The van der Waals surface area contributed by atoms with E-state index in [0.29, 0.717) is 0 Å². The summed E-state index contributed by atoms with van der Waals surface area (Å²) >= 11 is 1.51. The van der Waals surface area contributed by atoms with Crippen LogP contribution in [0.1, 0.15) is 11.8 Å². The van der Waals surface area contributed by atoms with Crippen LogP contribution in [-0.4, -0.2) is 26.2 Å². The smallest absolute Gasteiger partial charge is 0.320 e. The normalized spacial score (nSPS) is 20.8. The summed E-state index contributed by atoms with van der Waals surface area (Å²) in [5, 5.41) is 7.19. The number of sulfone groups is 1. The third-order valence-corrected chi connectivity index (χ3v) is 5.03. The molecule has 1 atom stereocenters. The molecule has 0 unspecified atom stereocenters. The quantitative estimate of drug-likeness (QED) is 0.888. The second-order valence-electron chi connectivity index (χ2n) is 3.98. The van der Waals surface area contributed by atoms with Crippen molar-refractivity contribution in [2.45, 2.75) is 19.4 Å². The van der Waals surface area contributed by atoms with Gasteiger partial charge in [-0.3, -0.25) is 5.32 Å². The topological polar surface area (TPSA) is 75.3 Å². The predicted octanol–water partition coefficient (Wildman–Crippen LogP) is 1.74. The predicted molar refractivity (Wildman–Crippen MR) is 72.6 cm³/mol. The SMILES string of the molecule is CCc1ccc(NC(=O)N[C@H]2C=CS(=O)(=O)C2)s1. The van der Waals surface area contributed by atoms with Gasteiger partial charge in [-0.25, -0.2) is 13.2 Å². The number of nitrogens with one attached hydrogen (secondary N) is 2. The van der Waals surface area contributed by atoms with Crippen molar-refractivity contribution < 1.29 is 13.2 Å². The average molecular weight is 286 g/mol. The summed E-state index contributed by atoms with van der Waals surface area (Å²) in [6.07, 6.45) is 2.42. The molecule has 2 N–H and O–H groups in total. The Balaban J connectivity index is 1.88. The van der Waals surface area contributed by atoms with Crippen LogP contribution in [-0.2, 0) is 16.3 Å². The number of carbonyl (C=O) groups is 1. The second-order valence-corrected chi connectivity index (χ2v) is 7.08. The molecule has 0 aromatic carbocycles. The van der Waals surface area contributed by atoms with Crippen LogP contribution < -0.4 is 10.6 Å². The number of amides is 2. The number of anilines is 1. The van der Waals surface area contributed by atoms with E-state index in [9.17, 15) is 13.2 Å². The number of urea groups is 1. The minimum absolute atomic E-state index is 0.0644. The summed E-state index contributed by atoms with van der Waals surface area (Å²) in [5.41, 5.74) is 0. The molecule has 0 aliphatic carbocycles. The Kier molecular flexibility index (Phi) is 3.72. The van der Waals surface area contributed by atoms with Gasteiger partial charge in [-0.2, -0.15) is 0 Å². The van der Waals surface area contributed by atoms with Crippen molar-refractivity contribution in [1.29, 1.82) is 0 Å². The standard InChI is InChI=1S/C11H14N2O3S2/c1-2-9-3-4-10(17-9)13-11(14)12-8-5-6-18(15,16)7-8/h3-6,8H,2,7H2,1H3,(H2,12,13,14)/t8-/m0/s1. The van der Waals surface area contributed by atoms with Gasteiger partial charge in [-0.05, 0) is 24.6 Å². The lowest BCUT2D eigenvalue weighted by atomic mass is 10.3. The van der Waals surface area contributed by atoms with Crippen molar-refractivity contribution in [3.63, 3.8) is 0 Å². The zero-order valence-electron chi connectivity index (χ0n) is 9.84. The summed E-state index contributed by atoms with van der Waals surface area (Å²) < 4.78 is 22.3. The van der Waals surface area contributed by atoms with Gasteiger partial charge >= 0.3 is 6.03 Å². The van der Waals surface area contributed by atoms with Gasteiger partial charge in [0.25, 0.3) is 0 Å². The van der Waals surface area contributed by atoms with E-state index >= 15 is 0 Å². The minimum atomic E-state index is -3.13. The molecule has 1 aromatic heterocycles. The highest BCUT2D eigenvalue weighted by Gasteiger charge is 2.23. The van der Waals surface area contributed by atoms with Crippen molar-refractivity contribution in [1.82, 2.24) is 5.32 Å². The van der Waals surface area contributed by atoms with Crippen molar-refractivity contribution in [2.24, 2.45) is 0 Å². The third-order valence-electron chi connectivity index (χ3n) is 2.49. The molecule has 0 fully saturated rings. The highest BCUT2D eigenvalue weighted by Crippen LogP contribution is 2.22. The molecule has 1 aromatic rings. The van der Waals surface area contributed by atoms with Gasteiger partial charge in [0.15, 0.2) is 9.84 Å². The number of hydrogen-bond acceptors (Lipinski definition) is 4. The molecule has 18 heavy (non-hydrogen) atoms. The molecule has 2 amide bonds. The molecule has 5 nitrogen and oxygen atoms in total. The van der Waals surface area contributed by atoms with E-state index in [1.54, 1.807) is 0 Å². The monoisotopic (exact) mass is 286 g/mol. The van der Waals surface area contributed by atoms with Crippen LogP contribution in [0, 0.1) is 0 Å². The van der Waals surface area contributed by atoms with Gasteiger partial charge in [0.2, 0.25) is 0 Å². The summed E-state index contributed by atoms with van der Waals surface area (Å²) in [7, 11) is -3.13. The van der Waals surface area contributed by atoms with Gasteiger partial charge in [0.05, 0.1) is 16.8 Å². The molecular weight excluding hydrogens is 272 g/mol. The van der Waals surface area contributed by atoms with Crippen LogP contribution in [0.25, 0.3) is 0 Å². The first-order valence-electron chi connectivity index (χ1n) is 5.56. The van der Waals surface area contributed by atoms with Gasteiger partial charge in [0, 0.05) is 10.3 Å². The summed E-state index contributed by atoms with van der Waals surface area (Å²) in [6.45, 7) is 2.05. The summed E-state index contributed by atoms with van der Waals surface area (Å²) in [6, 6.07) is 2.97. The third kappa shape index (κ3) is 3.33. The van der Waals surface area contributed by atoms with E-state index in [1.165, 1.54) is 22.3 Å². The van der Waals surface area contributed by atoms with Crippen LogP contribution in [0.2, 0.25) is 0 Å². The maximum Gasteiger partial charge on any atom is 0.320 e. The highest BCUT2D eigenvalue weighted by atomic mass is 32.2. The Morgan fingerprint density at radius 1 is 1.50 bits per heavy atom. The summed E-state index contributed by atoms with van der Waals surface area (Å²) in [5.74, 6) is -0.0644. The lowest BCUT2D eigenvalue weighted by Crippen LogP contribution is -2.38. The first-order chi connectivity index (χ1) is 8.48. The van der Waals surface area contributed by atoms with E-state index < -0.39 is 15.9 Å². The first-order valence-corrected chi connectivity index (χ1v) is 8.09.